The van der Waals surface area contributed by atoms with Crippen LogP contribution in [0, 0.1) is 0 Å². The normalized spacial score (nSPS) is 9.12. The van der Waals surface area contributed by atoms with Crippen molar-refractivity contribution in [2.45, 2.75) is 0 Å². The van der Waals surface area contributed by atoms with E-state index in [1.54, 1.807) is 6.20 Å². The minimum atomic E-state index is 0.594. The van der Waals surface area contributed by atoms with Crippen LogP contribution in [0.15, 0.2) is 18.3 Å². The van der Waals surface area contributed by atoms with Crippen LogP contribution in [0.1, 0.15) is 0 Å². The Balaban J connectivity index is 3.03. The Kier molecular flexibility index (Phi) is 1.72. The molecule has 0 spiro atoms. The summed E-state index contributed by atoms with van der Waals surface area (Å²) in [5.41, 5.74) is 5.33. The van der Waals surface area contributed by atoms with Gasteiger partial charge in [-0.15, -0.1) is 0 Å². The number of nitrogens with two attached hydrogens (primary N) is 1. The van der Waals surface area contributed by atoms with Crippen molar-refractivity contribution >= 4 is 31.9 Å². The summed E-state index contributed by atoms with van der Waals surface area (Å²) >= 11 is 1.38. The number of pyridine rings is 1. The van der Waals surface area contributed by atoms with Crippen LogP contribution >= 0.6 is 0 Å². The van der Waals surface area contributed by atoms with Gasteiger partial charge in [-0.3, -0.25) is 0 Å². The second-order valence-electron chi connectivity index (χ2n) is 1.47. The number of hydrogen-bond acceptors (Lipinski definition) is 2. The Morgan fingerprint density at radius 1 is 1.50 bits per heavy atom. The van der Waals surface area contributed by atoms with Crippen LogP contribution in [0.4, 0.5) is 5.82 Å². The first-order chi connectivity index (χ1) is 3.79. The molecule has 1 aromatic rings. The fourth-order valence-corrected chi connectivity index (χ4v) is 0.827. The molecule has 1 rings (SSSR count). The molecule has 0 aliphatic heterocycles. The molecule has 0 amide bonds. The number of hydrogen-bond donors (Lipinski definition) is 1. The molecule has 0 aromatic carbocycles. The average Bonchev–Trinajstić information content (AvgIpc) is 1.77. The van der Waals surface area contributed by atoms with Crippen LogP contribution in [-0.2, 0) is 0 Å². The number of nitrogens with zero attached hydrogens (tertiary/aromatic N) is 1. The molecule has 0 saturated carbocycles. The number of aromatic nitrogens is 1. The van der Waals surface area contributed by atoms with Crippen LogP contribution in [0.5, 0.6) is 0 Å². The van der Waals surface area contributed by atoms with Gasteiger partial charge in [-0.05, 0) is 0 Å². The molecule has 0 saturated heterocycles. The fraction of sp³-hybridized carbons (Fsp3) is 0. The number of anilines is 1. The van der Waals surface area contributed by atoms with Gasteiger partial charge in [0.05, 0.1) is 0 Å². The zero-order valence-electron chi connectivity index (χ0n) is 4.26. The third-order valence-electron chi connectivity index (χ3n) is 0.786. The number of nitrogen functional groups attached to an aromatic ring is 1. The average molecular weight is 212 g/mol. The molecule has 2 N–H and O–H groups in total. The van der Waals surface area contributed by atoms with E-state index in [-0.39, 0.29) is 0 Å². The molecule has 0 aliphatic rings. The van der Waals surface area contributed by atoms with Gasteiger partial charge in [0.25, 0.3) is 0 Å². The van der Waals surface area contributed by atoms with E-state index in [4.69, 9.17) is 5.73 Å². The SMILES string of the molecule is Nc1cc[c]([Sn])cn1. The quantitative estimate of drug-likeness (QED) is 0.586. The van der Waals surface area contributed by atoms with E-state index >= 15 is 0 Å². The van der Waals surface area contributed by atoms with E-state index in [1.165, 1.54) is 26.1 Å². The van der Waals surface area contributed by atoms with Crippen LogP contribution in [0.3, 0.4) is 0 Å². The zero-order chi connectivity index (χ0) is 5.98. The summed E-state index contributed by atoms with van der Waals surface area (Å²) < 4.78 is 1.23. The maximum absolute atomic E-state index is 5.33. The molecule has 8 heavy (non-hydrogen) atoms. The summed E-state index contributed by atoms with van der Waals surface area (Å²) in [6, 6.07) is 3.78. The Morgan fingerprint density at radius 2 is 2.25 bits per heavy atom. The molecule has 3 radical (unpaired) electrons. The Morgan fingerprint density at radius 3 is 2.62 bits per heavy atom. The first-order valence-corrected chi connectivity index (χ1v) is 3.65. The number of rotatable bonds is 0. The topological polar surface area (TPSA) is 38.9 Å². The summed E-state index contributed by atoms with van der Waals surface area (Å²) in [5.74, 6) is 0.594. The predicted octanol–water partition coefficient (Wildman–Crippen LogP) is -0.542. The molecule has 1 heterocycles. The van der Waals surface area contributed by atoms with Gasteiger partial charge in [0.1, 0.15) is 0 Å². The fourth-order valence-electron chi connectivity index (χ4n) is 0.405. The van der Waals surface area contributed by atoms with Gasteiger partial charge in [-0.25, -0.2) is 0 Å². The Bertz CT molecular complexity index is 149. The molecular formula is C5H5N2Sn. The van der Waals surface area contributed by atoms with Crippen LogP contribution in [-0.4, -0.2) is 27.5 Å². The Labute approximate surface area is 61.2 Å². The predicted molar refractivity (Wildman–Crippen MR) is 34.0 cm³/mol. The van der Waals surface area contributed by atoms with Crippen molar-refractivity contribution < 1.29 is 0 Å². The van der Waals surface area contributed by atoms with Crippen molar-refractivity contribution in [2.24, 2.45) is 0 Å². The van der Waals surface area contributed by atoms with Crippen molar-refractivity contribution in [1.82, 2.24) is 4.98 Å². The molecular weight excluding hydrogens is 207 g/mol. The molecule has 2 nitrogen and oxygen atoms in total. The molecule has 3 heteroatoms. The van der Waals surface area contributed by atoms with E-state index in [0.717, 1.165) is 0 Å². The standard InChI is InChI=1S/C5H5N2.Sn/c6-5-3-1-2-4-7-5;/h1,3-4H,(H2,6,7);. The van der Waals surface area contributed by atoms with E-state index in [1.807, 2.05) is 12.1 Å². The van der Waals surface area contributed by atoms with Crippen LogP contribution in [0.2, 0.25) is 0 Å². The van der Waals surface area contributed by atoms with Gasteiger partial charge < -0.3 is 0 Å². The van der Waals surface area contributed by atoms with Crippen molar-refractivity contribution in [3.05, 3.63) is 18.3 Å². The summed E-state index contributed by atoms with van der Waals surface area (Å²) in [6.45, 7) is 0. The van der Waals surface area contributed by atoms with Gasteiger partial charge in [-0.2, -0.15) is 0 Å². The van der Waals surface area contributed by atoms with Crippen LogP contribution in [0.25, 0.3) is 0 Å². The van der Waals surface area contributed by atoms with Gasteiger partial charge >= 0.3 is 61.0 Å². The van der Waals surface area contributed by atoms with Gasteiger partial charge in [0, 0.05) is 0 Å². The summed E-state index contributed by atoms with van der Waals surface area (Å²) in [7, 11) is 0. The second kappa shape index (κ2) is 2.35. The van der Waals surface area contributed by atoms with Crippen molar-refractivity contribution in [2.75, 3.05) is 5.73 Å². The molecule has 0 atom stereocenters. The molecule has 0 aliphatic carbocycles. The van der Waals surface area contributed by atoms with Crippen molar-refractivity contribution in [3.63, 3.8) is 0 Å². The monoisotopic (exact) mass is 213 g/mol. The third kappa shape index (κ3) is 1.36. The maximum atomic E-state index is 5.33. The molecule has 0 fully saturated rings. The summed E-state index contributed by atoms with van der Waals surface area (Å²) in [4.78, 5) is 3.88. The first kappa shape index (κ1) is 5.88. The molecule has 0 unspecified atom stereocenters. The molecule has 0 bridgehead atoms. The van der Waals surface area contributed by atoms with E-state index < -0.39 is 0 Å². The van der Waals surface area contributed by atoms with E-state index in [0.29, 0.717) is 5.82 Å². The van der Waals surface area contributed by atoms with Gasteiger partial charge in [0.15, 0.2) is 0 Å². The second-order valence-corrected chi connectivity index (χ2v) is 3.12. The minimum absolute atomic E-state index is 0.594. The third-order valence-corrected chi connectivity index (χ3v) is 1.63. The van der Waals surface area contributed by atoms with Gasteiger partial charge in [-0.1, -0.05) is 0 Å². The summed E-state index contributed by atoms with van der Waals surface area (Å²) in [6.07, 6.45) is 1.79. The summed E-state index contributed by atoms with van der Waals surface area (Å²) in [5, 5.41) is 0. The van der Waals surface area contributed by atoms with Crippen LogP contribution < -0.4 is 9.31 Å². The van der Waals surface area contributed by atoms with E-state index in [9.17, 15) is 0 Å². The van der Waals surface area contributed by atoms with E-state index in [2.05, 4.69) is 4.98 Å². The van der Waals surface area contributed by atoms with Crippen molar-refractivity contribution in [1.29, 1.82) is 0 Å². The Hall–Kier alpha value is -0.251. The van der Waals surface area contributed by atoms with Crippen molar-refractivity contribution in [3.8, 4) is 0 Å². The zero-order valence-corrected chi connectivity index (χ0v) is 7.11. The van der Waals surface area contributed by atoms with Gasteiger partial charge in [0.2, 0.25) is 0 Å². The first-order valence-electron chi connectivity index (χ1n) is 2.22. The molecule has 39 valence electrons. The molecule has 1 aromatic heterocycles.